The zero-order chi connectivity index (χ0) is 13.0. The molecule has 0 spiro atoms. The molecule has 0 radical (unpaired) electrons. The number of rotatable bonds is 4. The average molecular weight is 277 g/mol. The maximum atomic E-state index is 12.0. The minimum absolute atomic E-state index is 0. The molecule has 0 aliphatic heterocycles. The van der Waals surface area contributed by atoms with E-state index in [4.69, 9.17) is 4.74 Å². The number of hydrogen-bond acceptors (Lipinski definition) is 3. The summed E-state index contributed by atoms with van der Waals surface area (Å²) in [7, 11) is 1.55. The Hall–Kier alpha value is -2.13. The van der Waals surface area contributed by atoms with Crippen molar-refractivity contribution in [3.05, 3.63) is 65.7 Å². The van der Waals surface area contributed by atoms with Gasteiger partial charge >= 0.3 is 0 Å². The molecule has 0 heterocycles. The van der Waals surface area contributed by atoms with E-state index in [1.165, 1.54) is 0 Å². The fourth-order valence-electron chi connectivity index (χ4n) is 1.59. The normalized spacial score (nSPS) is 9.32. The lowest BCUT2D eigenvalue weighted by molar-refractivity contribution is 0.0817. The van der Waals surface area contributed by atoms with Gasteiger partial charge in [-0.05, 0) is 24.3 Å². The molecule has 0 aliphatic carbocycles. The van der Waals surface area contributed by atoms with Gasteiger partial charge in [-0.3, -0.25) is 9.59 Å². The third kappa shape index (κ3) is 3.42. The van der Waals surface area contributed by atoms with Crippen LogP contribution in [0.5, 0.6) is 5.75 Å². The molecule has 98 valence electrons. The fourth-order valence-corrected chi connectivity index (χ4v) is 1.59. The number of halogens is 1. The van der Waals surface area contributed by atoms with Crippen molar-refractivity contribution in [1.82, 2.24) is 0 Å². The van der Waals surface area contributed by atoms with Crippen molar-refractivity contribution in [2.45, 2.75) is 0 Å². The maximum absolute atomic E-state index is 12.0. The predicted octanol–water partition coefficient (Wildman–Crippen LogP) is 3.18. The van der Waals surface area contributed by atoms with Crippen molar-refractivity contribution in [1.29, 1.82) is 0 Å². The smallest absolute Gasteiger partial charge is 0.233 e. The Morgan fingerprint density at radius 3 is 1.74 bits per heavy atom. The van der Waals surface area contributed by atoms with Crippen LogP contribution >= 0.6 is 12.4 Å². The minimum atomic E-state index is -0.510. The summed E-state index contributed by atoms with van der Waals surface area (Å²) in [5, 5.41) is 0. The molecule has 2 aromatic carbocycles. The molecule has 19 heavy (non-hydrogen) atoms. The molecule has 0 aromatic heterocycles. The number of carbonyl (C=O) groups is 2. The van der Waals surface area contributed by atoms with Crippen molar-refractivity contribution in [2.24, 2.45) is 0 Å². The Bertz CT molecular complexity index is 562. The molecule has 0 amide bonds. The molecule has 2 aromatic rings. The molecule has 0 aliphatic rings. The van der Waals surface area contributed by atoms with Crippen molar-refractivity contribution in [3.8, 4) is 5.75 Å². The van der Waals surface area contributed by atoms with Crippen LogP contribution in [0.15, 0.2) is 54.6 Å². The lowest BCUT2D eigenvalue weighted by atomic mass is 10.0. The summed E-state index contributed by atoms with van der Waals surface area (Å²) in [5.41, 5.74) is 0.767. The molecule has 4 heteroatoms. The van der Waals surface area contributed by atoms with Crippen LogP contribution < -0.4 is 4.74 Å². The predicted molar refractivity (Wildman–Crippen MR) is 75.3 cm³/mol. The van der Waals surface area contributed by atoms with Gasteiger partial charge in [0.2, 0.25) is 11.6 Å². The number of carbonyl (C=O) groups excluding carboxylic acids is 2. The first kappa shape index (κ1) is 14.9. The molecule has 0 atom stereocenters. The molecule has 0 N–H and O–H groups in total. The quantitative estimate of drug-likeness (QED) is 0.636. The van der Waals surface area contributed by atoms with Crippen LogP contribution in [0.2, 0.25) is 0 Å². The number of methoxy groups -OCH3 is 1. The minimum Gasteiger partial charge on any atom is -0.497 e. The topological polar surface area (TPSA) is 43.4 Å². The van der Waals surface area contributed by atoms with Crippen molar-refractivity contribution in [3.63, 3.8) is 0 Å². The Morgan fingerprint density at radius 1 is 0.789 bits per heavy atom. The number of ketones is 2. The van der Waals surface area contributed by atoms with E-state index in [9.17, 15) is 9.59 Å². The van der Waals surface area contributed by atoms with Crippen molar-refractivity contribution < 1.29 is 14.3 Å². The van der Waals surface area contributed by atoms with Crippen LogP contribution in [-0.2, 0) is 0 Å². The molecule has 0 saturated heterocycles. The molecule has 3 nitrogen and oxygen atoms in total. The zero-order valence-corrected chi connectivity index (χ0v) is 11.1. The van der Waals surface area contributed by atoms with E-state index in [0.29, 0.717) is 16.9 Å². The van der Waals surface area contributed by atoms with E-state index >= 15 is 0 Å². The van der Waals surface area contributed by atoms with Gasteiger partial charge in [0.25, 0.3) is 0 Å². The SMILES string of the molecule is COc1ccc(C(=O)C(=O)c2ccccc2)cc1.Cl. The molecule has 0 bridgehead atoms. The largest absolute Gasteiger partial charge is 0.497 e. The Morgan fingerprint density at radius 2 is 1.26 bits per heavy atom. The highest BCUT2D eigenvalue weighted by Gasteiger charge is 2.17. The van der Waals surface area contributed by atoms with E-state index < -0.39 is 11.6 Å². The van der Waals surface area contributed by atoms with Gasteiger partial charge in [-0.1, -0.05) is 30.3 Å². The van der Waals surface area contributed by atoms with Gasteiger partial charge in [-0.2, -0.15) is 0 Å². The third-order valence-electron chi connectivity index (χ3n) is 2.59. The summed E-state index contributed by atoms with van der Waals surface area (Å²) >= 11 is 0. The average Bonchev–Trinajstić information content (AvgIpc) is 2.47. The fraction of sp³-hybridized carbons (Fsp3) is 0.0667. The first-order valence-corrected chi connectivity index (χ1v) is 5.50. The molecular weight excluding hydrogens is 264 g/mol. The second-order valence-corrected chi connectivity index (χ2v) is 3.75. The number of benzene rings is 2. The Kier molecular flexibility index (Phi) is 5.27. The second-order valence-electron chi connectivity index (χ2n) is 3.75. The van der Waals surface area contributed by atoms with Gasteiger partial charge in [0.1, 0.15) is 5.75 Å². The van der Waals surface area contributed by atoms with Crippen LogP contribution in [0.1, 0.15) is 20.7 Å². The Balaban J connectivity index is 0.00000180. The lowest BCUT2D eigenvalue weighted by Crippen LogP contribution is -2.14. The summed E-state index contributed by atoms with van der Waals surface area (Å²) in [6.07, 6.45) is 0. The van der Waals surface area contributed by atoms with Crippen molar-refractivity contribution >= 4 is 24.0 Å². The maximum Gasteiger partial charge on any atom is 0.233 e. The van der Waals surface area contributed by atoms with Crippen LogP contribution in [-0.4, -0.2) is 18.7 Å². The molecule has 0 fully saturated rings. The van der Waals surface area contributed by atoms with E-state index in [2.05, 4.69) is 0 Å². The van der Waals surface area contributed by atoms with Gasteiger partial charge in [0, 0.05) is 11.1 Å². The van der Waals surface area contributed by atoms with Crippen molar-refractivity contribution in [2.75, 3.05) is 7.11 Å². The number of Topliss-reactive ketones (excluding diaryl/α,β-unsaturated/α-hetero) is 2. The number of hydrogen-bond donors (Lipinski definition) is 0. The highest BCUT2D eigenvalue weighted by molar-refractivity contribution is 6.49. The zero-order valence-electron chi connectivity index (χ0n) is 10.3. The highest BCUT2D eigenvalue weighted by Crippen LogP contribution is 2.13. The third-order valence-corrected chi connectivity index (χ3v) is 2.59. The summed E-state index contributed by atoms with van der Waals surface area (Å²) in [6, 6.07) is 15.0. The summed E-state index contributed by atoms with van der Waals surface area (Å²) in [4.78, 5) is 23.9. The van der Waals surface area contributed by atoms with E-state index in [1.54, 1.807) is 61.7 Å². The Labute approximate surface area is 117 Å². The van der Waals surface area contributed by atoms with Gasteiger partial charge in [0.05, 0.1) is 7.11 Å². The summed E-state index contributed by atoms with van der Waals surface area (Å²) < 4.78 is 5.00. The van der Waals surface area contributed by atoms with Gasteiger partial charge < -0.3 is 4.74 Å². The van der Waals surface area contributed by atoms with Gasteiger partial charge in [0.15, 0.2) is 0 Å². The van der Waals surface area contributed by atoms with Gasteiger partial charge in [-0.15, -0.1) is 12.4 Å². The van der Waals surface area contributed by atoms with Gasteiger partial charge in [-0.25, -0.2) is 0 Å². The van der Waals surface area contributed by atoms with E-state index in [-0.39, 0.29) is 12.4 Å². The van der Waals surface area contributed by atoms with Crippen LogP contribution in [0.25, 0.3) is 0 Å². The molecular formula is C15H13ClO3. The number of ether oxygens (including phenoxy) is 1. The molecule has 0 saturated carbocycles. The standard InChI is InChI=1S/C15H12O3.ClH/c1-18-13-9-7-12(8-10-13)15(17)14(16)11-5-3-2-4-6-11;/h2-10H,1H3;1H. The summed E-state index contributed by atoms with van der Waals surface area (Å²) in [5.74, 6) is -0.358. The molecule has 0 unspecified atom stereocenters. The second kappa shape index (κ2) is 6.71. The van der Waals surface area contributed by atoms with E-state index in [0.717, 1.165) is 0 Å². The monoisotopic (exact) mass is 276 g/mol. The van der Waals surface area contributed by atoms with Crippen LogP contribution in [0.3, 0.4) is 0 Å². The first-order valence-electron chi connectivity index (χ1n) is 5.50. The van der Waals surface area contributed by atoms with Crippen LogP contribution in [0.4, 0.5) is 0 Å². The molecule has 2 rings (SSSR count). The highest BCUT2D eigenvalue weighted by atomic mass is 35.5. The summed E-state index contributed by atoms with van der Waals surface area (Å²) in [6.45, 7) is 0. The first-order chi connectivity index (χ1) is 8.72. The van der Waals surface area contributed by atoms with Crippen LogP contribution in [0, 0.1) is 0 Å². The lowest BCUT2D eigenvalue weighted by Gasteiger charge is -2.02. The van der Waals surface area contributed by atoms with E-state index in [1.807, 2.05) is 0 Å².